The van der Waals surface area contributed by atoms with Crippen molar-refractivity contribution >= 4 is 5.91 Å². The van der Waals surface area contributed by atoms with E-state index < -0.39 is 86.8 Å². The van der Waals surface area contributed by atoms with Gasteiger partial charge in [-0.2, -0.15) is 0 Å². The minimum atomic E-state index is -1.79. The molecule has 606 valence electrons. The summed E-state index contributed by atoms with van der Waals surface area (Å²) in [6, 6.07) is -0.833. The number of rotatable bonds is 74. The van der Waals surface area contributed by atoms with Crippen molar-refractivity contribution in [2.45, 2.75) is 460 Å². The van der Waals surface area contributed by atoms with E-state index in [1.54, 1.807) is 0 Å². The van der Waals surface area contributed by atoms with E-state index in [-0.39, 0.29) is 12.5 Å². The predicted molar refractivity (Wildman–Crippen MR) is 433 cm³/mol. The Bertz CT molecular complexity index is 2080. The van der Waals surface area contributed by atoms with E-state index in [2.05, 4.69) is 104 Å². The zero-order valence-corrected chi connectivity index (χ0v) is 66.8. The molecule has 0 aliphatic carbocycles. The molecular formula is C90H163NO13. The van der Waals surface area contributed by atoms with Crippen LogP contribution in [0.15, 0.2) is 85.1 Å². The summed E-state index contributed by atoms with van der Waals surface area (Å²) in [6.45, 7) is 2.81. The van der Waals surface area contributed by atoms with Gasteiger partial charge in [-0.25, -0.2) is 0 Å². The molecular weight excluding hydrogens is 1300 g/mol. The van der Waals surface area contributed by atoms with E-state index >= 15 is 0 Å². The molecule has 0 bridgehead atoms. The molecule has 9 N–H and O–H groups in total. The summed E-state index contributed by atoms with van der Waals surface area (Å²) >= 11 is 0. The Hall–Kier alpha value is -2.83. The first-order valence-corrected chi connectivity index (χ1v) is 43.8. The van der Waals surface area contributed by atoms with Crippen molar-refractivity contribution in [2.75, 3.05) is 19.8 Å². The number of hydrogen-bond donors (Lipinski definition) is 9. The van der Waals surface area contributed by atoms with Gasteiger partial charge in [0, 0.05) is 6.42 Å². The number of hydrogen-bond acceptors (Lipinski definition) is 13. The van der Waals surface area contributed by atoms with Gasteiger partial charge in [0.15, 0.2) is 12.6 Å². The van der Waals surface area contributed by atoms with Crippen molar-refractivity contribution in [1.82, 2.24) is 5.32 Å². The van der Waals surface area contributed by atoms with Crippen LogP contribution in [0.5, 0.6) is 0 Å². The number of unbranched alkanes of at least 4 members (excludes halogenated alkanes) is 47. The monoisotopic (exact) mass is 1470 g/mol. The SMILES string of the molecule is CC/C=C\C/C=C\C/C=C\C/C=C\C/C=C\C/C=C\C/C=C\CCCCCCCCCCCCCCCCCCCCCC(=O)NC(COC1OC(CO)C(OC2OC(CO)C(O)C(O)C2O)C(O)C1O)C(O)CCCCCCCCCCCCCCCCCCCCCCCCCCCCCCC. The first-order chi connectivity index (χ1) is 51.1. The van der Waals surface area contributed by atoms with Crippen LogP contribution in [0, 0.1) is 0 Å². The van der Waals surface area contributed by atoms with Crippen molar-refractivity contribution in [3.05, 3.63) is 85.1 Å². The van der Waals surface area contributed by atoms with E-state index in [1.807, 2.05) is 0 Å². The largest absolute Gasteiger partial charge is 0.394 e. The number of ether oxygens (including phenoxy) is 4. The number of amides is 1. The highest BCUT2D eigenvalue weighted by atomic mass is 16.7. The van der Waals surface area contributed by atoms with Crippen LogP contribution in [-0.4, -0.2) is 140 Å². The van der Waals surface area contributed by atoms with Gasteiger partial charge in [0.1, 0.15) is 48.8 Å². The van der Waals surface area contributed by atoms with Crippen molar-refractivity contribution in [3.63, 3.8) is 0 Å². The zero-order chi connectivity index (χ0) is 75.1. The summed E-state index contributed by atoms with van der Waals surface area (Å²) in [7, 11) is 0. The second kappa shape index (κ2) is 73.0. The van der Waals surface area contributed by atoms with Crippen LogP contribution in [-0.2, 0) is 23.7 Å². The molecule has 0 saturated carbocycles. The van der Waals surface area contributed by atoms with Crippen LogP contribution in [0.3, 0.4) is 0 Å². The summed E-state index contributed by atoms with van der Waals surface area (Å²) < 4.78 is 23.0. The van der Waals surface area contributed by atoms with Crippen LogP contribution < -0.4 is 5.32 Å². The zero-order valence-electron chi connectivity index (χ0n) is 66.8. The molecule has 0 aromatic rings. The molecule has 2 aliphatic heterocycles. The average Bonchev–Trinajstić information content (AvgIpc) is 0.789. The normalized spacial score (nSPS) is 21.9. The molecule has 2 aliphatic rings. The predicted octanol–water partition coefficient (Wildman–Crippen LogP) is 21.0. The van der Waals surface area contributed by atoms with E-state index in [0.717, 1.165) is 96.3 Å². The molecule has 2 heterocycles. The number of nitrogens with one attached hydrogen (secondary N) is 1. The molecule has 0 radical (unpaired) electrons. The quantitative estimate of drug-likeness (QED) is 0.0204. The van der Waals surface area contributed by atoms with Crippen molar-refractivity contribution < 1.29 is 64.6 Å². The minimum absolute atomic E-state index is 0.201. The van der Waals surface area contributed by atoms with Gasteiger partial charge in [-0.1, -0.05) is 394 Å². The van der Waals surface area contributed by atoms with Gasteiger partial charge in [0.05, 0.1) is 32.0 Å². The Balaban J connectivity index is 1.56. The fourth-order valence-electron chi connectivity index (χ4n) is 14.3. The maximum absolute atomic E-state index is 13.4. The summed E-state index contributed by atoms with van der Waals surface area (Å²) in [6.07, 6.45) is 86.4. The molecule has 1 amide bonds. The van der Waals surface area contributed by atoms with Crippen molar-refractivity contribution in [3.8, 4) is 0 Å². The third kappa shape index (κ3) is 54.7. The summed E-state index contributed by atoms with van der Waals surface area (Å²) in [4.78, 5) is 13.4. The second-order valence-electron chi connectivity index (χ2n) is 30.6. The van der Waals surface area contributed by atoms with E-state index in [0.29, 0.717) is 12.8 Å². The highest BCUT2D eigenvalue weighted by molar-refractivity contribution is 5.76. The van der Waals surface area contributed by atoms with E-state index in [9.17, 15) is 45.6 Å². The van der Waals surface area contributed by atoms with Crippen LogP contribution in [0.4, 0.5) is 0 Å². The number of aliphatic hydroxyl groups excluding tert-OH is 8. The topological polar surface area (TPSA) is 228 Å². The fourth-order valence-corrected chi connectivity index (χ4v) is 14.3. The Kier molecular flexibility index (Phi) is 68.3. The van der Waals surface area contributed by atoms with Crippen LogP contribution >= 0.6 is 0 Å². The molecule has 12 unspecified atom stereocenters. The molecule has 2 rings (SSSR count). The lowest BCUT2D eigenvalue weighted by Crippen LogP contribution is -2.65. The standard InChI is InChI=1S/C90H163NO13/c1-3-5-7-9-11-13-15-17-19-21-23-25-27-29-31-33-34-35-36-37-38-39-40-41-42-43-44-46-48-50-52-54-56-58-60-62-64-66-68-70-72-74-82(95)91-78(77-101-89-87(100)85(98)88(81(76-93)103-89)104-90-86(99)84(97)83(96)80(75-92)102-90)79(94)73-71-69-67-65-63-61-59-57-55-53-51-49-47-45-32-30-28-26-24-22-20-18-16-14-12-10-8-6-4-2/h5,7,11,13,17,19,23,25,29,31,34-35,37-38,78-81,83-90,92-94,96-100H,3-4,6,8-10,12,14-16,18,20-22,24,26-28,30,32-33,36,39-77H2,1-2H3,(H,91,95)/b7-5-,13-11-,19-17-,25-23-,31-29-,35-34-,38-37-. The first kappa shape index (κ1) is 97.2. The number of allylic oxidation sites excluding steroid dienone is 14. The third-order valence-electron chi connectivity index (χ3n) is 21.1. The molecule has 104 heavy (non-hydrogen) atoms. The number of aliphatic hydroxyl groups is 8. The van der Waals surface area contributed by atoms with Gasteiger partial charge >= 0.3 is 0 Å². The van der Waals surface area contributed by atoms with Gasteiger partial charge in [0.2, 0.25) is 5.91 Å². The number of carbonyl (C=O) groups is 1. The molecule has 2 saturated heterocycles. The molecule has 0 spiro atoms. The van der Waals surface area contributed by atoms with E-state index in [1.165, 1.54) is 263 Å². The Morgan fingerprint density at radius 1 is 0.356 bits per heavy atom. The lowest BCUT2D eigenvalue weighted by atomic mass is 9.97. The molecule has 14 heteroatoms. The Morgan fingerprint density at radius 2 is 0.663 bits per heavy atom. The molecule has 2 fully saturated rings. The van der Waals surface area contributed by atoms with Gasteiger partial charge < -0.3 is 65.1 Å². The molecule has 12 atom stereocenters. The van der Waals surface area contributed by atoms with Crippen LogP contribution in [0.1, 0.15) is 386 Å². The maximum atomic E-state index is 13.4. The third-order valence-corrected chi connectivity index (χ3v) is 21.1. The summed E-state index contributed by atoms with van der Waals surface area (Å²) in [5.74, 6) is -0.201. The van der Waals surface area contributed by atoms with Gasteiger partial charge in [-0.15, -0.1) is 0 Å². The van der Waals surface area contributed by atoms with E-state index in [4.69, 9.17) is 18.9 Å². The van der Waals surface area contributed by atoms with Crippen molar-refractivity contribution in [1.29, 1.82) is 0 Å². The average molecular weight is 1470 g/mol. The highest BCUT2D eigenvalue weighted by Gasteiger charge is 2.51. The summed E-state index contributed by atoms with van der Waals surface area (Å²) in [5.41, 5.74) is 0. The smallest absolute Gasteiger partial charge is 0.220 e. The number of carbonyl (C=O) groups excluding carboxylic acids is 1. The minimum Gasteiger partial charge on any atom is -0.394 e. The Labute approximate surface area is 637 Å². The molecule has 14 nitrogen and oxygen atoms in total. The van der Waals surface area contributed by atoms with Gasteiger partial charge in [0.25, 0.3) is 0 Å². The van der Waals surface area contributed by atoms with Crippen LogP contribution in [0.2, 0.25) is 0 Å². The first-order valence-electron chi connectivity index (χ1n) is 43.8. The second-order valence-corrected chi connectivity index (χ2v) is 30.6. The van der Waals surface area contributed by atoms with Crippen molar-refractivity contribution in [2.24, 2.45) is 0 Å². The Morgan fingerprint density at radius 3 is 1.02 bits per heavy atom. The van der Waals surface area contributed by atoms with Gasteiger partial charge in [-0.05, 0) is 70.6 Å². The fraction of sp³-hybridized carbons (Fsp3) is 0.833. The molecule has 0 aromatic heterocycles. The molecule has 0 aromatic carbocycles. The summed E-state index contributed by atoms with van der Waals surface area (Å²) in [5, 5.41) is 88.0. The lowest BCUT2D eigenvalue weighted by Gasteiger charge is -2.46. The van der Waals surface area contributed by atoms with Gasteiger partial charge in [-0.3, -0.25) is 4.79 Å². The highest BCUT2D eigenvalue weighted by Crippen LogP contribution is 2.31. The van der Waals surface area contributed by atoms with Crippen LogP contribution in [0.25, 0.3) is 0 Å². The lowest BCUT2D eigenvalue weighted by molar-refractivity contribution is -0.359. The maximum Gasteiger partial charge on any atom is 0.220 e.